The van der Waals surface area contributed by atoms with E-state index in [0.29, 0.717) is 26.1 Å². The summed E-state index contributed by atoms with van der Waals surface area (Å²) >= 11 is 0. The summed E-state index contributed by atoms with van der Waals surface area (Å²) in [6.45, 7) is 3.45. The Hall–Kier alpha value is -3.62. The van der Waals surface area contributed by atoms with E-state index >= 15 is 0 Å². The van der Waals surface area contributed by atoms with Gasteiger partial charge in [0.2, 0.25) is 15.9 Å². The Bertz CT molecular complexity index is 1570. The third-order valence-electron chi connectivity index (χ3n) is 7.78. The van der Waals surface area contributed by atoms with Gasteiger partial charge in [0, 0.05) is 30.2 Å². The van der Waals surface area contributed by atoms with Gasteiger partial charge in [-0.1, -0.05) is 49.4 Å². The molecule has 0 bridgehead atoms. The zero-order valence-corrected chi connectivity index (χ0v) is 23.8. The molecule has 4 aromatic rings. The Labute approximate surface area is 236 Å². The second kappa shape index (κ2) is 12.3. The molecule has 1 aliphatic heterocycles. The number of nitrogens with zero attached hydrogens (tertiary/aromatic N) is 1. The summed E-state index contributed by atoms with van der Waals surface area (Å²) in [5.41, 5.74) is 11.8. The molecule has 8 heteroatoms. The van der Waals surface area contributed by atoms with Crippen LogP contribution in [0.25, 0.3) is 22.0 Å². The summed E-state index contributed by atoms with van der Waals surface area (Å²) in [7, 11) is -3.35. The van der Waals surface area contributed by atoms with Crippen molar-refractivity contribution in [2.24, 2.45) is 5.73 Å². The quantitative estimate of drug-likeness (QED) is 0.240. The van der Waals surface area contributed by atoms with E-state index in [-0.39, 0.29) is 24.0 Å². The van der Waals surface area contributed by atoms with Gasteiger partial charge >= 0.3 is 0 Å². The van der Waals surface area contributed by atoms with Crippen molar-refractivity contribution >= 4 is 26.8 Å². The maximum absolute atomic E-state index is 13.1. The molecular formula is C32H37N3O4S. The van der Waals surface area contributed by atoms with Crippen molar-refractivity contribution in [2.45, 2.75) is 44.9 Å². The Morgan fingerprint density at radius 2 is 1.80 bits per heavy atom. The molecule has 0 spiro atoms. The second-order valence-electron chi connectivity index (χ2n) is 10.5. The smallest absolute Gasteiger partial charge is 0.221 e. The zero-order valence-electron chi connectivity index (χ0n) is 22.9. The van der Waals surface area contributed by atoms with Crippen LogP contribution in [0.4, 0.5) is 0 Å². The number of carbonyl (C=O) groups is 1. The van der Waals surface area contributed by atoms with Gasteiger partial charge in [-0.3, -0.25) is 4.79 Å². The number of carbonyl (C=O) groups excluding carboxylic acids is 1. The largest absolute Gasteiger partial charge is 0.494 e. The SMILES string of the molecule is CCc1cccc(OCCCS(=O)(=O)N2CCC(c3c[nH]c4c(CC(N)=O)cc(-c5ccccc5)cc34)CC2)c1. The molecule has 0 aliphatic carbocycles. The van der Waals surface area contributed by atoms with Crippen LogP contribution in [-0.2, 0) is 27.7 Å². The van der Waals surface area contributed by atoms with Crippen LogP contribution in [0, 0.1) is 0 Å². The first kappa shape index (κ1) is 27.9. The van der Waals surface area contributed by atoms with Gasteiger partial charge in [-0.15, -0.1) is 0 Å². The first-order chi connectivity index (χ1) is 19.3. The predicted molar refractivity (Wildman–Crippen MR) is 160 cm³/mol. The van der Waals surface area contributed by atoms with E-state index in [0.717, 1.165) is 52.6 Å². The second-order valence-corrected chi connectivity index (χ2v) is 12.6. The summed E-state index contributed by atoms with van der Waals surface area (Å²) in [4.78, 5) is 15.2. The van der Waals surface area contributed by atoms with E-state index in [1.165, 1.54) is 11.1 Å². The number of fused-ring (bicyclic) bond motifs is 1. The van der Waals surface area contributed by atoms with Gasteiger partial charge in [-0.2, -0.15) is 0 Å². The molecule has 3 aromatic carbocycles. The van der Waals surface area contributed by atoms with Gasteiger partial charge in [0.05, 0.1) is 18.8 Å². The Morgan fingerprint density at radius 3 is 2.52 bits per heavy atom. The molecule has 210 valence electrons. The number of hydrogen-bond donors (Lipinski definition) is 2. The molecule has 1 aromatic heterocycles. The number of H-pyrrole nitrogens is 1. The van der Waals surface area contributed by atoms with Crippen molar-refractivity contribution in [1.29, 1.82) is 0 Å². The number of aromatic nitrogens is 1. The van der Waals surface area contributed by atoms with Crippen molar-refractivity contribution in [2.75, 3.05) is 25.4 Å². The highest BCUT2D eigenvalue weighted by Gasteiger charge is 2.30. The van der Waals surface area contributed by atoms with Crippen molar-refractivity contribution in [3.63, 3.8) is 0 Å². The molecule has 1 fully saturated rings. The minimum Gasteiger partial charge on any atom is -0.494 e. The molecular weight excluding hydrogens is 522 g/mol. The lowest BCUT2D eigenvalue weighted by Gasteiger charge is -2.31. The Balaban J connectivity index is 1.25. The highest BCUT2D eigenvalue weighted by atomic mass is 32.2. The highest BCUT2D eigenvalue weighted by Crippen LogP contribution is 2.37. The third kappa shape index (κ3) is 6.40. The first-order valence-corrected chi connectivity index (χ1v) is 15.6. The molecule has 1 saturated heterocycles. The van der Waals surface area contributed by atoms with Crippen molar-refractivity contribution in [1.82, 2.24) is 9.29 Å². The normalized spacial score (nSPS) is 14.9. The number of aromatic amines is 1. The van der Waals surface area contributed by atoms with Crippen LogP contribution in [0.2, 0.25) is 0 Å². The number of sulfonamides is 1. The number of hydrogen-bond acceptors (Lipinski definition) is 4. The van der Waals surface area contributed by atoms with Crippen LogP contribution < -0.4 is 10.5 Å². The molecule has 5 rings (SSSR count). The lowest BCUT2D eigenvalue weighted by Crippen LogP contribution is -2.39. The third-order valence-corrected chi connectivity index (χ3v) is 9.74. The summed E-state index contributed by atoms with van der Waals surface area (Å²) in [6, 6.07) is 22.2. The highest BCUT2D eigenvalue weighted by molar-refractivity contribution is 7.89. The Kier molecular flexibility index (Phi) is 8.57. The summed E-state index contributed by atoms with van der Waals surface area (Å²) in [5, 5.41) is 1.07. The number of primary amides is 1. The predicted octanol–water partition coefficient (Wildman–Crippen LogP) is 5.40. The monoisotopic (exact) mass is 559 g/mol. The molecule has 7 nitrogen and oxygen atoms in total. The number of benzene rings is 3. The van der Waals surface area contributed by atoms with Gasteiger partial charge in [-0.25, -0.2) is 12.7 Å². The maximum atomic E-state index is 13.1. The van der Waals surface area contributed by atoms with Gasteiger partial charge in [0.25, 0.3) is 0 Å². The standard InChI is InChI=1S/C32H37N3O4S/c1-2-23-8-6-11-28(18-23)39-16-7-17-40(37,38)35-14-12-25(13-15-35)30-22-34-32-27(21-31(33)36)19-26(20-29(30)32)24-9-4-3-5-10-24/h3-6,8-11,18-20,22,25,34H,2,7,12-17,21H2,1H3,(H2,33,36). The van der Waals surface area contributed by atoms with Crippen molar-refractivity contribution < 1.29 is 17.9 Å². The van der Waals surface area contributed by atoms with E-state index in [1.54, 1.807) is 4.31 Å². The molecule has 40 heavy (non-hydrogen) atoms. The van der Waals surface area contributed by atoms with Crippen molar-refractivity contribution in [3.05, 3.63) is 89.6 Å². The minimum absolute atomic E-state index is 0.0785. The average molecular weight is 560 g/mol. The fourth-order valence-corrected chi connectivity index (χ4v) is 7.16. The number of aryl methyl sites for hydroxylation is 1. The van der Waals surface area contributed by atoms with Crippen molar-refractivity contribution in [3.8, 4) is 16.9 Å². The lowest BCUT2D eigenvalue weighted by molar-refractivity contribution is -0.117. The molecule has 0 unspecified atom stereocenters. The molecule has 0 saturated carbocycles. The van der Waals surface area contributed by atoms with E-state index in [1.807, 2.05) is 48.7 Å². The topological polar surface area (TPSA) is 105 Å². The minimum atomic E-state index is -3.35. The molecule has 2 heterocycles. The van der Waals surface area contributed by atoms with Crippen LogP contribution in [-0.4, -0.2) is 49.1 Å². The first-order valence-electron chi connectivity index (χ1n) is 14.0. The summed E-state index contributed by atoms with van der Waals surface area (Å²) in [6.07, 6.45) is 5.04. The summed E-state index contributed by atoms with van der Waals surface area (Å²) in [5.74, 6) is 0.711. The van der Waals surface area contributed by atoms with Crippen LogP contribution in [0.1, 0.15) is 48.8 Å². The van der Waals surface area contributed by atoms with E-state index in [9.17, 15) is 13.2 Å². The number of piperidine rings is 1. The Morgan fingerprint density at radius 1 is 1.02 bits per heavy atom. The van der Waals surface area contributed by atoms with E-state index < -0.39 is 10.0 Å². The van der Waals surface area contributed by atoms with Crippen LogP contribution in [0.15, 0.2) is 72.9 Å². The van der Waals surface area contributed by atoms with E-state index in [2.05, 4.69) is 36.2 Å². The number of nitrogens with two attached hydrogens (primary N) is 1. The van der Waals surface area contributed by atoms with Gasteiger partial charge in [0.1, 0.15) is 5.75 Å². The maximum Gasteiger partial charge on any atom is 0.221 e. The van der Waals surface area contributed by atoms with Crippen LogP contribution in [0.3, 0.4) is 0 Å². The average Bonchev–Trinajstić information content (AvgIpc) is 3.40. The van der Waals surface area contributed by atoms with Gasteiger partial charge < -0.3 is 15.5 Å². The van der Waals surface area contributed by atoms with E-state index in [4.69, 9.17) is 10.5 Å². The number of ether oxygens (including phenoxy) is 1. The van der Waals surface area contributed by atoms with Gasteiger partial charge in [0.15, 0.2) is 0 Å². The summed E-state index contributed by atoms with van der Waals surface area (Å²) < 4.78 is 33.6. The fraction of sp³-hybridized carbons (Fsp3) is 0.344. The van der Waals surface area contributed by atoms with Crippen LogP contribution >= 0.6 is 0 Å². The van der Waals surface area contributed by atoms with Gasteiger partial charge in [-0.05, 0) is 83.7 Å². The molecule has 3 N–H and O–H groups in total. The molecule has 0 radical (unpaired) electrons. The molecule has 1 aliphatic rings. The number of rotatable bonds is 11. The van der Waals surface area contributed by atoms with Crippen LogP contribution in [0.5, 0.6) is 5.75 Å². The fourth-order valence-electron chi connectivity index (χ4n) is 5.65. The number of amides is 1. The lowest BCUT2D eigenvalue weighted by atomic mass is 9.88. The number of nitrogens with one attached hydrogen (secondary N) is 1. The zero-order chi connectivity index (χ0) is 28.1. The molecule has 0 atom stereocenters. The molecule has 1 amide bonds.